The number of rotatable bonds is 8. The summed E-state index contributed by atoms with van der Waals surface area (Å²) in [5.41, 5.74) is 0.638. The Morgan fingerprint density at radius 3 is 2.63 bits per heavy atom. The van der Waals surface area contributed by atoms with Gasteiger partial charge in [-0.05, 0) is 31.0 Å². The lowest BCUT2D eigenvalue weighted by atomic mass is 10.1. The summed E-state index contributed by atoms with van der Waals surface area (Å²) in [6.07, 6.45) is 5.72. The van der Waals surface area contributed by atoms with Crippen molar-refractivity contribution in [1.82, 2.24) is 9.80 Å². The highest BCUT2D eigenvalue weighted by Gasteiger charge is 2.24. The van der Waals surface area contributed by atoms with Crippen molar-refractivity contribution >= 4 is 0 Å². The van der Waals surface area contributed by atoms with Crippen molar-refractivity contribution in [3.8, 4) is 23.8 Å². The van der Waals surface area contributed by atoms with Crippen molar-refractivity contribution in [1.29, 1.82) is 0 Å². The van der Waals surface area contributed by atoms with Crippen LogP contribution in [-0.2, 0) is 11.3 Å². The molecule has 0 radical (unpaired) electrons. The third kappa shape index (κ3) is 5.36. The number of aliphatic hydroxyl groups is 1. The zero-order valence-electron chi connectivity index (χ0n) is 16.3. The average Bonchev–Trinajstić information content (AvgIpc) is 3.15. The van der Waals surface area contributed by atoms with Gasteiger partial charge in [0.2, 0.25) is 6.79 Å². The Bertz CT molecular complexity index is 667. The first-order valence-electron chi connectivity index (χ1n) is 9.64. The van der Waals surface area contributed by atoms with E-state index in [-0.39, 0.29) is 6.61 Å². The predicted octanol–water partition coefficient (Wildman–Crippen LogP) is 1.71. The quantitative estimate of drug-likeness (QED) is 0.699. The molecule has 0 amide bonds. The standard InChI is InChI=1S/C21H30N2O4/c1-4-21(3,5-2)27-15-18(24)14-23-10-8-22(9-11-23)13-17-6-7-19-20(12-17)26-16-25-19/h1,6-7,12,18,24H,5,8-11,13-16H2,2-3H3/t18-,21+/m1/s1. The molecule has 0 saturated carbocycles. The molecule has 1 fully saturated rings. The van der Waals surface area contributed by atoms with Crippen molar-refractivity contribution in [2.45, 2.75) is 38.5 Å². The molecular weight excluding hydrogens is 344 g/mol. The van der Waals surface area contributed by atoms with Crippen molar-refractivity contribution in [2.75, 3.05) is 46.1 Å². The lowest BCUT2D eigenvalue weighted by Gasteiger charge is -2.36. The van der Waals surface area contributed by atoms with Gasteiger partial charge in [-0.15, -0.1) is 6.42 Å². The van der Waals surface area contributed by atoms with Crippen LogP contribution in [0.5, 0.6) is 11.5 Å². The van der Waals surface area contributed by atoms with E-state index in [0.717, 1.165) is 50.6 Å². The summed E-state index contributed by atoms with van der Waals surface area (Å²) in [7, 11) is 0. The number of piperazine rings is 1. The van der Waals surface area contributed by atoms with Crippen molar-refractivity contribution in [2.24, 2.45) is 0 Å². The minimum absolute atomic E-state index is 0.270. The minimum atomic E-state index is -0.593. The molecule has 1 saturated heterocycles. The van der Waals surface area contributed by atoms with Crippen LogP contribution >= 0.6 is 0 Å². The molecule has 1 aromatic rings. The maximum atomic E-state index is 10.3. The lowest BCUT2D eigenvalue weighted by molar-refractivity contribution is -0.0501. The Labute approximate surface area is 162 Å². The van der Waals surface area contributed by atoms with Gasteiger partial charge in [0.15, 0.2) is 11.5 Å². The molecule has 0 bridgehead atoms. The molecule has 6 nitrogen and oxygen atoms in total. The van der Waals surface area contributed by atoms with Gasteiger partial charge >= 0.3 is 0 Å². The van der Waals surface area contributed by atoms with E-state index in [2.05, 4.69) is 27.9 Å². The van der Waals surface area contributed by atoms with E-state index in [1.807, 2.05) is 19.9 Å². The monoisotopic (exact) mass is 374 g/mol. The van der Waals surface area contributed by atoms with Gasteiger partial charge < -0.3 is 19.3 Å². The molecule has 2 atom stereocenters. The third-order valence-electron chi connectivity index (χ3n) is 5.35. The Kier molecular flexibility index (Phi) is 6.61. The third-order valence-corrected chi connectivity index (χ3v) is 5.35. The van der Waals surface area contributed by atoms with E-state index >= 15 is 0 Å². The van der Waals surface area contributed by atoms with Crippen LogP contribution < -0.4 is 9.47 Å². The Morgan fingerprint density at radius 2 is 1.93 bits per heavy atom. The highest BCUT2D eigenvalue weighted by molar-refractivity contribution is 5.44. The number of hydrogen-bond acceptors (Lipinski definition) is 6. The van der Waals surface area contributed by atoms with Gasteiger partial charge in [-0.2, -0.15) is 0 Å². The van der Waals surface area contributed by atoms with Crippen LogP contribution in [0.25, 0.3) is 0 Å². The second kappa shape index (κ2) is 8.94. The van der Waals surface area contributed by atoms with Crippen LogP contribution in [0.3, 0.4) is 0 Å². The van der Waals surface area contributed by atoms with E-state index in [4.69, 9.17) is 20.6 Å². The first-order valence-corrected chi connectivity index (χ1v) is 9.64. The Balaban J connectivity index is 1.39. The minimum Gasteiger partial charge on any atom is -0.454 e. The molecule has 1 N–H and O–H groups in total. The Morgan fingerprint density at radius 1 is 1.22 bits per heavy atom. The topological polar surface area (TPSA) is 54.4 Å². The van der Waals surface area contributed by atoms with E-state index in [9.17, 15) is 5.11 Å². The number of nitrogens with zero attached hydrogens (tertiary/aromatic N) is 2. The van der Waals surface area contributed by atoms with Gasteiger partial charge in [0.05, 0.1) is 12.7 Å². The Hall–Kier alpha value is -1.78. The second-order valence-corrected chi connectivity index (χ2v) is 7.46. The first-order chi connectivity index (χ1) is 13.0. The highest BCUT2D eigenvalue weighted by Crippen LogP contribution is 2.32. The van der Waals surface area contributed by atoms with Crippen LogP contribution in [-0.4, -0.2) is 72.7 Å². The van der Waals surface area contributed by atoms with Gasteiger partial charge in [-0.25, -0.2) is 0 Å². The number of β-amino-alcohol motifs (C(OH)–C–C–N with tert-alkyl or cyclic N) is 1. The van der Waals surface area contributed by atoms with E-state index in [0.29, 0.717) is 13.3 Å². The number of hydrogen-bond donors (Lipinski definition) is 1. The summed E-state index contributed by atoms with van der Waals surface area (Å²) >= 11 is 0. The van der Waals surface area contributed by atoms with Crippen molar-refractivity contribution in [3.05, 3.63) is 23.8 Å². The van der Waals surface area contributed by atoms with E-state index in [1.165, 1.54) is 5.56 Å². The fourth-order valence-electron chi connectivity index (χ4n) is 3.30. The maximum Gasteiger partial charge on any atom is 0.231 e. The fourth-order valence-corrected chi connectivity index (χ4v) is 3.30. The van der Waals surface area contributed by atoms with E-state index in [1.54, 1.807) is 0 Å². The molecule has 1 aromatic carbocycles. The molecule has 27 heavy (non-hydrogen) atoms. The SMILES string of the molecule is C#C[C@@](C)(CC)OC[C@H](O)CN1CCN(Cc2ccc3c(c2)OCO3)CC1. The fraction of sp³-hybridized carbons (Fsp3) is 0.619. The first kappa shape index (κ1) is 20.0. The van der Waals surface area contributed by atoms with Crippen LogP contribution in [0.2, 0.25) is 0 Å². The number of fused-ring (bicyclic) bond motifs is 1. The molecular formula is C21H30N2O4. The summed E-state index contributed by atoms with van der Waals surface area (Å²) < 4.78 is 16.5. The van der Waals surface area contributed by atoms with Crippen LogP contribution in [0, 0.1) is 12.3 Å². The van der Waals surface area contributed by atoms with Gasteiger partial charge in [0.1, 0.15) is 5.60 Å². The maximum absolute atomic E-state index is 10.3. The zero-order chi connectivity index (χ0) is 19.3. The number of aliphatic hydroxyl groups excluding tert-OH is 1. The summed E-state index contributed by atoms with van der Waals surface area (Å²) in [5, 5.41) is 10.3. The molecule has 6 heteroatoms. The van der Waals surface area contributed by atoms with Gasteiger partial charge in [0, 0.05) is 39.3 Å². The normalized spacial score (nSPS) is 20.8. The molecule has 2 heterocycles. The van der Waals surface area contributed by atoms with E-state index < -0.39 is 11.7 Å². The molecule has 2 aliphatic rings. The average molecular weight is 374 g/mol. The van der Waals surface area contributed by atoms with Gasteiger partial charge in [-0.1, -0.05) is 18.9 Å². The van der Waals surface area contributed by atoms with Gasteiger partial charge in [-0.3, -0.25) is 9.80 Å². The number of benzene rings is 1. The zero-order valence-corrected chi connectivity index (χ0v) is 16.3. The summed E-state index contributed by atoms with van der Waals surface area (Å²) in [4.78, 5) is 4.70. The highest BCUT2D eigenvalue weighted by atomic mass is 16.7. The molecule has 2 aliphatic heterocycles. The molecule has 3 rings (SSSR count). The molecule has 0 spiro atoms. The number of ether oxygens (including phenoxy) is 3. The molecule has 0 aliphatic carbocycles. The molecule has 0 aromatic heterocycles. The molecule has 0 unspecified atom stereocenters. The van der Waals surface area contributed by atoms with Crippen molar-refractivity contribution in [3.63, 3.8) is 0 Å². The van der Waals surface area contributed by atoms with Crippen LogP contribution in [0.1, 0.15) is 25.8 Å². The van der Waals surface area contributed by atoms with Crippen LogP contribution in [0.15, 0.2) is 18.2 Å². The van der Waals surface area contributed by atoms with Crippen molar-refractivity contribution < 1.29 is 19.3 Å². The lowest BCUT2D eigenvalue weighted by Crippen LogP contribution is -2.49. The second-order valence-electron chi connectivity index (χ2n) is 7.46. The number of terminal acetylenes is 1. The predicted molar refractivity (Wildman–Crippen MR) is 104 cm³/mol. The largest absolute Gasteiger partial charge is 0.454 e. The summed E-state index contributed by atoms with van der Waals surface area (Å²) in [6, 6.07) is 6.13. The van der Waals surface area contributed by atoms with Crippen LogP contribution in [0.4, 0.5) is 0 Å². The summed E-state index contributed by atoms with van der Waals surface area (Å²) in [5.74, 6) is 4.32. The molecule has 148 valence electrons. The van der Waals surface area contributed by atoms with Gasteiger partial charge in [0.25, 0.3) is 0 Å². The smallest absolute Gasteiger partial charge is 0.231 e. The summed E-state index contributed by atoms with van der Waals surface area (Å²) in [6.45, 7) is 9.77.